The zero-order valence-corrected chi connectivity index (χ0v) is 15.6. The highest BCUT2D eigenvalue weighted by Gasteiger charge is 2.43. The number of benzene rings is 1. The summed E-state index contributed by atoms with van der Waals surface area (Å²) < 4.78 is 54.8. The Balaban J connectivity index is 1.60. The van der Waals surface area contributed by atoms with E-state index in [-0.39, 0.29) is 18.8 Å². The van der Waals surface area contributed by atoms with Crippen LogP contribution in [0.4, 0.5) is 22.7 Å². The molecule has 0 radical (unpaired) electrons. The Morgan fingerprint density at radius 3 is 2.34 bits per heavy atom. The van der Waals surface area contributed by atoms with Crippen molar-refractivity contribution in [3.63, 3.8) is 0 Å². The Morgan fingerprint density at radius 2 is 1.76 bits per heavy atom. The summed E-state index contributed by atoms with van der Waals surface area (Å²) in [6, 6.07) is 4.30. The molecule has 0 spiro atoms. The number of rotatable bonds is 3. The van der Waals surface area contributed by atoms with Crippen molar-refractivity contribution in [1.29, 1.82) is 0 Å². The molecule has 152 valence electrons. The second-order valence-corrected chi connectivity index (χ2v) is 7.14. The third kappa shape index (κ3) is 3.79. The maximum atomic E-state index is 13.7. The SMILES string of the molecule is O=C(c1nnn(-c2ccc(F)cc2)c1C(F)(F)F)N1CCN(c2nccs2)CC1. The van der Waals surface area contributed by atoms with Crippen LogP contribution in [0.5, 0.6) is 0 Å². The number of hydrogen-bond acceptors (Lipinski definition) is 6. The first-order valence-corrected chi connectivity index (χ1v) is 9.45. The van der Waals surface area contributed by atoms with Crippen molar-refractivity contribution in [1.82, 2.24) is 24.9 Å². The first kappa shape index (κ1) is 19.3. The van der Waals surface area contributed by atoms with Gasteiger partial charge in [0, 0.05) is 37.8 Å². The van der Waals surface area contributed by atoms with Crippen LogP contribution in [-0.2, 0) is 6.18 Å². The Bertz CT molecular complexity index is 994. The Hall–Kier alpha value is -3.02. The minimum Gasteiger partial charge on any atom is -0.345 e. The van der Waals surface area contributed by atoms with Crippen LogP contribution in [0.3, 0.4) is 0 Å². The molecular formula is C17H14F4N6OS. The van der Waals surface area contributed by atoms with Crippen molar-refractivity contribution in [2.75, 3.05) is 31.1 Å². The van der Waals surface area contributed by atoms with E-state index in [0.717, 1.165) is 29.4 Å². The van der Waals surface area contributed by atoms with Crippen LogP contribution in [0.1, 0.15) is 16.2 Å². The molecule has 0 atom stereocenters. The first-order valence-electron chi connectivity index (χ1n) is 8.57. The number of alkyl halides is 3. The van der Waals surface area contributed by atoms with Gasteiger partial charge in [0.15, 0.2) is 16.5 Å². The normalized spacial score (nSPS) is 15.0. The minimum atomic E-state index is -4.87. The van der Waals surface area contributed by atoms with Crippen LogP contribution in [-0.4, -0.2) is 57.0 Å². The van der Waals surface area contributed by atoms with E-state index >= 15 is 0 Å². The summed E-state index contributed by atoms with van der Waals surface area (Å²) in [5.41, 5.74) is -2.10. The predicted molar refractivity (Wildman–Crippen MR) is 96.5 cm³/mol. The fourth-order valence-corrected chi connectivity index (χ4v) is 3.76. The average Bonchev–Trinajstić information content (AvgIpc) is 3.38. The highest BCUT2D eigenvalue weighted by atomic mass is 32.1. The van der Waals surface area contributed by atoms with E-state index in [1.807, 2.05) is 10.3 Å². The van der Waals surface area contributed by atoms with E-state index in [1.54, 1.807) is 6.20 Å². The molecule has 0 aliphatic carbocycles. The predicted octanol–water partition coefficient (Wildman–Crippen LogP) is 2.84. The zero-order valence-electron chi connectivity index (χ0n) is 14.8. The number of anilines is 1. The Kier molecular flexibility index (Phi) is 4.94. The van der Waals surface area contributed by atoms with Gasteiger partial charge in [0.1, 0.15) is 5.82 Å². The lowest BCUT2D eigenvalue weighted by Crippen LogP contribution is -2.49. The van der Waals surface area contributed by atoms with E-state index in [2.05, 4.69) is 15.3 Å². The Morgan fingerprint density at radius 1 is 1.07 bits per heavy atom. The van der Waals surface area contributed by atoms with Gasteiger partial charge in [-0.3, -0.25) is 4.79 Å². The van der Waals surface area contributed by atoms with Gasteiger partial charge in [-0.25, -0.2) is 14.1 Å². The van der Waals surface area contributed by atoms with Gasteiger partial charge in [0.2, 0.25) is 0 Å². The first-order chi connectivity index (χ1) is 13.8. The average molecular weight is 426 g/mol. The quantitative estimate of drug-likeness (QED) is 0.603. The molecule has 7 nitrogen and oxygen atoms in total. The molecule has 1 saturated heterocycles. The van der Waals surface area contributed by atoms with Crippen molar-refractivity contribution >= 4 is 22.4 Å². The van der Waals surface area contributed by atoms with Crippen molar-refractivity contribution in [2.45, 2.75) is 6.18 Å². The van der Waals surface area contributed by atoms with Gasteiger partial charge in [0.25, 0.3) is 5.91 Å². The number of thiazole rings is 1. The molecule has 3 aromatic rings. The fraction of sp³-hybridized carbons (Fsp3) is 0.294. The number of nitrogens with zero attached hydrogens (tertiary/aromatic N) is 6. The van der Waals surface area contributed by atoms with Gasteiger partial charge in [-0.1, -0.05) is 5.21 Å². The molecule has 1 aliphatic heterocycles. The van der Waals surface area contributed by atoms with Gasteiger partial charge < -0.3 is 9.80 Å². The number of aromatic nitrogens is 4. The van der Waals surface area contributed by atoms with E-state index in [9.17, 15) is 22.4 Å². The lowest BCUT2D eigenvalue weighted by molar-refractivity contribution is -0.143. The molecule has 0 saturated carbocycles. The molecule has 0 bridgehead atoms. The van der Waals surface area contributed by atoms with Crippen molar-refractivity contribution in [3.8, 4) is 5.69 Å². The van der Waals surface area contributed by atoms with Crippen molar-refractivity contribution in [3.05, 3.63) is 53.0 Å². The molecule has 1 amide bonds. The van der Waals surface area contributed by atoms with E-state index in [1.165, 1.54) is 16.2 Å². The molecule has 1 aliphatic rings. The van der Waals surface area contributed by atoms with Gasteiger partial charge in [0.05, 0.1) is 5.69 Å². The summed E-state index contributed by atoms with van der Waals surface area (Å²) >= 11 is 1.45. The van der Waals surface area contributed by atoms with Crippen LogP contribution in [0.2, 0.25) is 0 Å². The van der Waals surface area contributed by atoms with Crippen LogP contribution in [0, 0.1) is 5.82 Å². The largest absolute Gasteiger partial charge is 0.435 e. The molecular weight excluding hydrogens is 412 g/mol. The smallest absolute Gasteiger partial charge is 0.345 e. The van der Waals surface area contributed by atoms with Gasteiger partial charge in [-0.15, -0.1) is 16.4 Å². The molecule has 29 heavy (non-hydrogen) atoms. The lowest BCUT2D eigenvalue weighted by Gasteiger charge is -2.34. The third-order valence-corrected chi connectivity index (χ3v) is 5.30. The van der Waals surface area contributed by atoms with E-state index in [0.29, 0.717) is 17.8 Å². The maximum absolute atomic E-state index is 13.7. The van der Waals surface area contributed by atoms with Crippen LogP contribution in [0.15, 0.2) is 35.8 Å². The topological polar surface area (TPSA) is 67.2 Å². The van der Waals surface area contributed by atoms with E-state index < -0.39 is 29.3 Å². The summed E-state index contributed by atoms with van der Waals surface area (Å²) in [5.74, 6) is -1.44. The monoisotopic (exact) mass is 426 g/mol. The lowest BCUT2D eigenvalue weighted by atomic mass is 10.2. The number of piperazine rings is 1. The second kappa shape index (κ2) is 7.43. The number of carbonyl (C=O) groups excluding carboxylic acids is 1. The summed E-state index contributed by atoms with van der Waals surface area (Å²) in [7, 11) is 0. The number of amides is 1. The highest BCUT2D eigenvalue weighted by molar-refractivity contribution is 7.13. The van der Waals surface area contributed by atoms with Crippen LogP contribution >= 0.6 is 11.3 Å². The standard InChI is InChI=1S/C17H14F4N6OS/c18-11-1-3-12(4-2-11)27-14(17(19,20)21)13(23-24-27)15(28)25-6-8-26(9-7-25)16-22-5-10-29-16/h1-5,10H,6-9H2. The summed E-state index contributed by atoms with van der Waals surface area (Å²) in [4.78, 5) is 20.3. The summed E-state index contributed by atoms with van der Waals surface area (Å²) in [5, 5.41) is 9.65. The zero-order chi connectivity index (χ0) is 20.6. The molecule has 1 fully saturated rings. The van der Waals surface area contributed by atoms with Crippen molar-refractivity contribution < 1.29 is 22.4 Å². The molecule has 1 aromatic carbocycles. The van der Waals surface area contributed by atoms with E-state index in [4.69, 9.17) is 0 Å². The van der Waals surface area contributed by atoms with Crippen LogP contribution < -0.4 is 4.90 Å². The highest BCUT2D eigenvalue weighted by Crippen LogP contribution is 2.33. The fourth-order valence-electron chi connectivity index (χ4n) is 3.07. The maximum Gasteiger partial charge on any atom is 0.435 e. The third-order valence-electron chi connectivity index (χ3n) is 4.47. The molecule has 4 rings (SSSR count). The number of halogens is 4. The molecule has 2 aromatic heterocycles. The van der Waals surface area contributed by atoms with Gasteiger partial charge in [-0.05, 0) is 24.3 Å². The van der Waals surface area contributed by atoms with Crippen molar-refractivity contribution in [2.24, 2.45) is 0 Å². The van der Waals surface area contributed by atoms with Gasteiger partial charge >= 0.3 is 6.18 Å². The summed E-state index contributed by atoms with van der Waals surface area (Å²) in [6.45, 7) is 1.37. The minimum absolute atomic E-state index is 0.0427. The molecule has 0 N–H and O–H groups in total. The Labute approximate surface area is 166 Å². The number of carbonyl (C=O) groups is 1. The second-order valence-electron chi connectivity index (χ2n) is 6.27. The molecule has 0 unspecified atom stereocenters. The van der Waals surface area contributed by atoms with Gasteiger partial charge in [-0.2, -0.15) is 13.2 Å². The molecule has 12 heteroatoms. The number of hydrogen-bond donors (Lipinski definition) is 0. The van der Waals surface area contributed by atoms with Crippen LogP contribution in [0.25, 0.3) is 5.69 Å². The summed E-state index contributed by atoms with van der Waals surface area (Å²) in [6.07, 6.45) is -3.20. The molecule has 3 heterocycles.